The lowest BCUT2D eigenvalue weighted by Crippen LogP contribution is -2.29. The molecule has 0 saturated heterocycles. The van der Waals surface area contributed by atoms with Crippen molar-refractivity contribution in [3.05, 3.63) is 51.8 Å². The minimum atomic E-state index is -3.82. The molecule has 0 atom stereocenters. The zero-order chi connectivity index (χ0) is 18.8. The number of carbonyl (C=O) groups excluding carboxylic acids is 1. The molecule has 0 radical (unpaired) electrons. The van der Waals surface area contributed by atoms with Crippen LogP contribution in [0.4, 0.5) is 4.39 Å². The molecule has 0 aromatic heterocycles. The van der Waals surface area contributed by atoms with Gasteiger partial charge in [0.05, 0.1) is 18.9 Å². The fraction of sp³-hybridized carbons (Fsp3) is 0.133. The van der Waals surface area contributed by atoms with Crippen LogP contribution in [0, 0.1) is 5.82 Å². The van der Waals surface area contributed by atoms with Gasteiger partial charge in [-0.3, -0.25) is 4.79 Å². The molecule has 1 amide bonds. The molecule has 2 aromatic rings. The van der Waals surface area contributed by atoms with Crippen LogP contribution in [0.25, 0.3) is 0 Å². The highest BCUT2D eigenvalue weighted by atomic mass is 35.5. The number of amides is 1. The van der Waals surface area contributed by atoms with E-state index in [0.717, 1.165) is 19.4 Å². The topological polar surface area (TPSA) is 81.7 Å². The summed E-state index contributed by atoms with van der Waals surface area (Å²) in [5.41, 5.74) is -0.304. The van der Waals surface area contributed by atoms with Gasteiger partial charge < -0.3 is 9.47 Å². The molecule has 10 heteroatoms. The van der Waals surface area contributed by atoms with Crippen LogP contribution in [0.1, 0.15) is 10.4 Å². The normalized spacial score (nSPS) is 11.1. The van der Waals surface area contributed by atoms with Crippen molar-refractivity contribution in [3.8, 4) is 17.2 Å². The third-order valence-corrected chi connectivity index (χ3v) is 3.85. The van der Waals surface area contributed by atoms with E-state index in [1.54, 1.807) is 4.72 Å². The summed E-state index contributed by atoms with van der Waals surface area (Å²) in [4.78, 5) is 11.9. The van der Waals surface area contributed by atoms with E-state index in [1.165, 1.54) is 24.3 Å². The first-order valence-corrected chi connectivity index (χ1v) is 9.28. The van der Waals surface area contributed by atoms with Gasteiger partial charge in [0.1, 0.15) is 5.75 Å². The minimum absolute atomic E-state index is 0.173. The number of carbonyl (C=O) groups is 1. The van der Waals surface area contributed by atoms with Crippen LogP contribution < -0.4 is 14.2 Å². The van der Waals surface area contributed by atoms with E-state index in [4.69, 9.17) is 32.7 Å². The maximum absolute atomic E-state index is 14.6. The maximum Gasteiger partial charge on any atom is 0.268 e. The zero-order valence-corrected chi connectivity index (χ0v) is 15.3. The number of sulfonamides is 1. The number of halogens is 3. The van der Waals surface area contributed by atoms with Gasteiger partial charge in [-0.15, -0.1) is 0 Å². The van der Waals surface area contributed by atoms with Crippen molar-refractivity contribution in [1.82, 2.24) is 4.72 Å². The minimum Gasteiger partial charge on any atom is -0.493 e. The molecule has 0 saturated carbocycles. The van der Waals surface area contributed by atoms with E-state index < -0.39 is 27.5 Å². The summed E-state index contributed by atoms with van der Waals surface area (Å²) >= 11 is 11.7. The Hall–Kier alpha value is -2.03. The number of rotatable bonds is 5. The van der Waals surface area contributed by atoms with Crippen molar-refractivity contribution in [1.29, 1.82) is 0 Å². The van der Waals surface area contributed by atoms with Crippen molar-refractivity contribution < 1.29 is 27.1 Å². The highest BCUT2D eigenvalue weighted by Crippen LogP contribution is 2.35. The zero-order valence-electron chi connectivity index (χ0n) is 13.0. The molecule has 25 heavy (non-hydrogen) atoms. The van der Waals surface area contributed by atoms with Crippen LogP contribution in [-0.2, 0) is 10.0 Å². The van der Waals surface area contributed by atoms with Gasteiger partial charge in [-0.05, 0) is 30.3 Å². The van der Waals surface area contributed by atoms with Crippen molar-refractivity contribution in [2.45, 2.75) is 0 Å². The van der Waals surface area contributed by atoms with Crippen LogP contribution in [0.3, 0.4) is 0 Å². The molecular weight excluding hydrogens is 396 g/mol. The number of hydrogen-bond acceptors (Lipinski definition) is 5. The quantitative estimate of drug-likeness (QED) is 0.818. The van der Waals surface area contributed by atoms with Gasteiger partial charge in [0, 0.05) is 10.0 Å². The fourth-order valence-corrected chi connectivity index (χ4v) is 2.89. The summed E-state index contributed by atoms with van der Waals surface area (Å²) in [6.45, 7) is 0. The molecule has 0 heterocycles. The van der Waals surface area contributed by atoms with Crippen LogP contribution in [0.5, 0.6) is 17.2 Å². The van der Waals surface area contributed by atoms with Crippen molar-refractivity contribution in [2.24, 2.45) is 0 Å². The molecule has 134 valence electrons. The molecule has 0 spiro atoms. The number of methoxy groups -OCH3 is 1. The number of ether oxygens (including phenoxy) is 2. The Labute approximate surface area is 153 Å². The van der Waals surface area contributed by atoms with E-state index in [0.29, 0.717) is 10.0 Å². The molecule has 1 N–H and O–H groups in total. The number of benzene rings is 2. The van der Waals surface area contributed by atoms with Gasteiger partial charge in [0.15, 0.2) is 11.5 Å². The van der Waals surface area contributed by atoms with Gasteiger partial charge in [-0.25, -0.2) is 13.1 Å². The van der Waals surface area contributed by atoms with E-state index in [-0.39, 0.29) is 17.1 Å². The average molecular weight is 408 g/mol. The Bertz CT molecular complexity index is 914. The number of hydrogen-bond donors (Lipinski definition) is 1. The van der Waals surface area contributed by atoms with Crippen molar-refractivity contribution in [2.75, 3.05) is 13.4 Å². The number of nitrogens with one attached hydrogen (secondary N) is 1. The Kier molecular flexibility index (Phi) is 5.76. The summed E-state index contributed by atoms with van der Waals surface area (Å²) in [6, 6.07) is 6.65. The predicted molar refractivity (Wildman–Crippen MR) is 91.8 cm³/mol. The van der Waals surface area contributed by atoms with Crippen LogP contribution >= 0.6 is 23.2 Å². The second-order valence-corrected chi connectivity index (χ2v) is 7.49. The molecule has 0 aliphatic rings. The lowest BCUT2D eigenvalue weighted by molar-refractivity contribution is 0.0978. The average Bonchev–Trinajstić information content (AvgIpc) is 2.46. The first-order valence-electron chi connectivity index (χ1n) is 6.63. The largest absolute Gasteiger partial charge is 0.493 e. The van der Waals surface area contributed by atoms with E-state index in [1.807, 2.05) is 0 Å². The molecule has 0 aliphatic carbocycles. The standard InChI is InChI=1S/C15H12Cl2FNO5S/c1-23-14-11(15(20)19-25(2,21)22)3-4-12(13(14)18)24-10-6-8(16)5-9(17)7-10/h3-7H,1-2H3,(H,19,20). The third-order valence-electron chi connectivity index (χ3n) is 2.85. The summed E-state index contributed by atoms with van der Waals surface area (Å²) in [5.74, 6) is -2.57. The second-order valence-electron chi connectivity index (χ2n) is 4.87. The van der Waals surface area contributed by atoms with Crippen LogP contribution in [0.15, 0.2) is 30.3 Å². The van der Waals surface area contributed by atoms with Gasteiger partial charge in [-0.2, -0.15) is 4.39 Å². The highest BCUT2D eigenvalue weighted by Gasteiger charge is 2.22. The molecule has 2 rings (SSSR count). The van der Waals surface area contributed by atoms with E-state index in [9.17, 15) is 17.6 Å². The molecule has 0 aliphatic heterocycles. The maximum atomic E-state index is 14.6. The second kappa shape index (κ2) is 7.47. The van der Waals surface area contributed by atoms with Crippen LogP contribution in [-0.4, -0.2) is 27.7 Å². The SMILES string of the molecule is COc1c(C(=O)NS(C)(=O)=O)ccc(Oc2cc(Cl)cc(Cl)c2)c1F. The van der Waals surface area contributed by atoms with Gasteiger partial charge in [-0.1, -0.05) is 23.2 Å². The molecule has 0 fully saturated rings. The van der Waals surface area contributed by atoms with Gasteiger partial charge in [0.2, 0.25) is 15.8 Å². The Balaban J connectivity index is 2.41. The summed E-state index contributed by atoms with van der Waals surface area (Å²) < 4.78 is 48.9. The molecule has 0 unspecified atom stereocenters. The predicted octanol–water partition coefficient (Wildman–Crippen LogP) is 3.62. The fourth-order valence-electron chi connectivity index (χ4n) is 1.93. The van der Waals surface area contributed by atoms with E-state index in [2.05, 4.69) is 0 Å². The third kappa shape index (κ3) is 4.97. The van der Waals surface area contributed by atoms with Gasteiger partial charge >= 0.3 is 0 Å². The smallest absolute Gasteiger partial charge is 0.268 e. The Morgan fingerprint density at radius 3 is 2.28 bits per heavy atom. The van der Waals surface area contributed by atoms with Crippen LogP contribution in [0.2, 0.25) is 10.0 Å². The Morgan fingerprint density at radius 1 is 1.16 bits per heavy atom. The lowest BCUT2D eigenvalue weighted by Gasteiger charge is -2.13. The first kappa shape index (κ1) is 19.3. The van der Waals surface area contributed by atoms with Crippen molar-refractivity contribution >= 4 is 39.1 Å². The van der Waals surface area contributed by atoms with E-state index >= 15 is 0 Å². The summed E-state index contributed by atoms with van der Waals surface area (Å²) in [5, 5.41) is 0.582. The summed E-state index contributed by atoms with van der Waals surface area (Å²) in [7, 11) is -2.68. The highest BCUT2D eigenvalue weighted by molar-refractivity contribution is 7.89. The molecule has 0 bridgehead atoms. The first-order chi connectivity index (χ1) is 11.6. The Morgan fingerprint density at radius 2 is 1.76 bits per heavy atom. The molecule has 6 nitrogen and oxygen atoms in total. The lowest BCUT2D eigenvalue weighted by atomic mass is 10.1. The molecule has 2 aromatic carbocycles. The summed E-state index contributed by atoms with van der Waals surface area (Å²) in [6.07, 6.45) is 0.800. The van der Waals surface area contributed by atoms with Gasteiger partial charge in [0.25, 0.3) is 5.91 Å². The van der Waals surface area contributed by atoms with Crippen molar-refractivity contribution in [3.63, 3.8) is 0 Å². The monoisotopic (exact) mass is 407 g/mol. The molecular formula is C15H12Cl2FNO5S.